The molecule has 0 aliphatic rings. The average Bonchev–Trinajstić information content (AvgIpc) is 3.11. The van der Waals surface area contributed by atoms with Gasteiger partial charge in [0.2, 0.25) is 5.89 Å². The summed E-state index contributed by atoms with van der Waals surface area (Å²) < 4.78 is 23.8. The molecule has 6 heteroatoms. The van der Waals surface area contributed by atoms with Crippen LogP contribution in [-0.4, -0.2) is 16.2 Å². The lowest BCUT2D eigenvalue weighted by Crippen LogP contribution is -2.06. The zero-order valence-electron chi connectivity index (χ0n) is 13.4. The molecule has 0 bridgehead atoms. The van der Waals surface area contributed by atoms with E-state index in [2.05, 4.69) is 10.2 Å². The van der Waals surface area contributed by atoms with Gasteiger partial charge in [-0.05, 0) is 42.8 Å². The number of rotatable bonds is 5. The first-order chi connectivity index (χ1) is 12.1. The van der Waals surface area contributed by atoms with Crippen LogP contribution in [0.4, 0.5) is 4.39 Å². The van der Waals surface area contributed by atoms with Crippen molar-refractivity contribution in [2.75, 3.05) is 0 Å². The molecular formula is C19H15FN2O3. The van der Waals surface area contributed by atoms with E-state index in [1.807, 2.05) is 30.3 Å². The summed E-state index contributed by atoms with van der Waals surface area (Å²) in [5.74, 6) is -0.403. The third kappa shape index (κ3) is 4.38. The van der Waals surface area contributed by atoms with E-state index in [9.17, 15) is 9.18 Å². The van der Waals surface area contributed by atoms with Crippen molar-refractivity contribution in [2.24, 2.45) is 0 Å². The van der Waals surface area contributed by atoms with E-state index in [0.717, 1.165) is 5.56 Å². The number of hydrogen-bond donors (Lipinski definition) is 0. The van der Waals surface area contributed by atoms with Gasteiger partial charge in [-0.2, -0.15) is 0 Å². The number of halogens is 1. The fourth-order valence-electron chi connectivity index (χ4n) is 2.13. The highest BCUT2D eigenvalue weighted by atomic mass is 19.1. The Kier molecular flexibility index (Phi) is 4.99. The molecule has 1 heterocycles. The van der Waals surface area contributed by atoms with Gasteiger partial charge in [-0.15, -0.1) is 10.2 Å². The first-order valence-corrected chi connectivity index (χ1v) is 7.65. The number of esters is 1. The SMILES string of the molecule is C[C@H](OC(=O)/C=C/c1cccc(F)c1)c1nnc(-c2ccccc2)o1. The average molecular weight is 338 g/mol. The maximum atomic E-state index is 13.1. The van der Waals surface area contributed by atoms with E-state index in [1.165, 1.54) is 24.3 Å². The molecule has 1 aromatic heterocycles. The second-order valence-electron chi connectivity index (χ2n) is 5.28. The van der Waals surface area contributed by atoms with Gasteiger partial charge in [0.1, 0.15) is 5.82 Å². The predicted octanol–water partition coefficient (Wildman–Crippen LogP) is 4.19. The molecule has 0 N–H and O–H groups in total. The van der Waals surface area contributed by atoms with E-state index >= 15 is 0 Å². The van der Waals surface area contributed by atoms with Crippen molar-refractivity contribution in [3.8, 4) is 11.5 Å². The summed E-state index contributed by atoms with van der Waals surface area (Å²) in [6.45, 7) is 1.64. The van der Waals surface area contributed by atoms with E-state index in [4.69, 9.17) is 9.15 Å². The Bertz CT molecular complexity index is 890. The normalized spacial score (nSPS) is 12.2. The molecule has 3 aromatic rings. The van der Waals surface area contributed by atoms with Gasteiger partial charge >= 0.3 is 5.97 Å². The van der Waals surface area contributed by atoms with Crippen LogP contribution in [0, 0.1) is 5.82 Å². The fraction of sp³-hybridized carbons (Fsp3) is 0.105. The molecule has 3 rings (SSSR count). The Hall–Kier alpha value is -3.28. The molecule has 0 fully saturated rings. The number of nitrogens with zero attached hydrogens (tertiary/aromatic N) is 2. The minimum absolute atomic E-state index is 0.200. The van der Waals surface area contributed by atoms with Crippen LogP contribution in [0.2, 0.25) is 0 Å². The first-order valence-electron chi connectivity index (χ1n) is 7.65. The lowest BCUT2D eigenvalue weighted by atomic mass is 10.2. The van der Waals surface area contributed by atoms with Gasteiger partial charge in [0.15, 0.2) is 6.10 Å². The van der Waals surface area contributed by atoms with Crippen molar-refractivity contribution >= 4 is 12.0 Å². The van der Waals surface area contributed by atoms with Crippen molar-refractivity contribution in [1.82, 2.24) is 10.2 Å². The van der Waals surface area contributed by atoms with Gasteiger partial charge in [0.25, 0.3) is 5.89 Å². The first kappa shape index (κ1) is 16.6. The lowest BCUT2D eigenvalue weighted by molar-refractivity contribution is -0.143. The van der Waals surface area contributed by atoms with Crippen LogP contribution in [0.5, 0.6) is 0 Å². The number of carbonyl (C=O) groups is 1. The minimum atomic E-state index is -0.699. The quantitative estimate of drug-likeness (QED) is 0.515. The van der Waals surface area contributed by atoms with Gasteiger partial charge in [0.05, 0.1) is 0 Å². The zero-order chi connectivity index (χ0) is 17.6. The third-order valence-electron chi connectivity index (χ3n) is 3.36. The number of aromatic nitrogens is 2. The molecule has 0 amide bonds. The summed E-state index contributed by atoms with van der Waals surface area (Å²) in [5.41, 5.74) is 1.35. The van der Waals surface area contributed by atoms with Crippen LogP contribution in [0.15, 0.2) is 65.1 Å². The molecule has 0 unspecified atom stereocenters. The van der Waals surface area contributed by atoms with Crippen LogP contribution in [0.3, 0.4) is 0 Å². The Morgan fingerprint density at radius 1 is 1.16 bits per heavy atom. The van der Waals surface area contributed by atoms with Crippen molar-refractivity contribution < 1.29 is 18.3 Å². The van der Waals surface area contributed by atoms with Crippen LogP contribution in [0.1, 0.15) is 24.5 Å². The Balaban J connectivity index is 1.63. The second-order valence-corrected chi connectivity index (χ2v) is 5.28. The molecule has 0 spiro atoms. The van der Waals surface area contributed by atoms with Gasteiger partial charge in [-0.3, -0.25) is 0 Å². The number of benzene rings is 2. The molecular weight excluding hydrogens is 323 g/mol. The predicted molar refractivity (Wildman–Crippen MR) is 89.7 cm³/mol. The standard InChI is InChI=1S/C19H15FN2O3/c1-13(18-21-22-19(25-18)15-7-3-2-4-8-15)24-17(23)11-10-14-6-5-9-16(20)12-14/h2-13H,1H3/b11-10+/t13-/m0/s1. The van der Waals surface area contributed by atoms with Crippen molar-refractivity contribution in [3.63, 3.8) is 0 Å². The smallest absolute Gasteiger partial charge is 0.331 e. The number of hydrogen-bond acceptors (Lipinski definition) is 5. The summed E-state index contributed by atoms with van der Waals surface area (Å²) in [7, 11) is 0. The van der Waals surface area contributed by atoms with E-state index in [-0.39, 0.29) is 11.7 Å². The summed E-state index contributed by atoms with van der Waals surface area (Å²) in [6, 6.07) is 15.2. The van der Waals surface area contributed by atoms with Crippen molar-refractivity contribution in [2.45, 2.75) is 13.0 Å². The van der Waals surface area contributed by atoms with Crippen molar-refractivity contribution in [1.29, 1.82) is 0 Å². The molecule has 0 saturated carbocycles. The van der Waals surface area contributed by atoms with Crippen LogP contribution >= 0.6 is 0 Å². The maximum absolute atomic E-state index is 13.1. The maximum Gasteiger partial charge on any atom is 0.331 e. The molecule has 126 valence electrons. The second kappa shape index (κ2) is 7.53. The minimum Gasteiger partial charge on any atom is -0.449 e. The van der Waals surface area contributed by atoms with E-state index < -0.39 is 12.1 Å². The highest BCUT2D eigenvalue weighted by Crippen LogP contribution is 2.22. The van der Waals surface area contributed by atoms with Gasteiger partial charge < -0.3 is 9.15 Å². The van der Waals surface area contributed by atoms with E-state index in [0.29, 0.717) is 11.5 Å². The third-order valence-corrected chi connectivity index (χ3v) is 3.36. The van der Waals surface area contributed by atoms with E-state index in [1.54, 1.807) is 19.1 Å². The molecule has 0 saturated heterocycles. The molecule has 0 radical (unpaired) electrons. The number of carbonyl (C=O) groups excluding carboxylic acids is 1. The monoisotopic (exact) mass is 338 g/mol. The van der Waals surface area contributed by atoms with Gasteiger partial charge in [0, 0.05) is 11.6 Å². The molecule has 0 aliphatic carbocycles. The van der Waals surface area contributed by atoms with Gasteiger partial charge in [-0.1, -0.05) is 30.3 Å². The summed E-state index contributed by atoms with van der Waals surface area (Å²) in [5, 5.41) is 7.86. The zero-order valence-corrected chi connectivity index (χ0v) is 13.4. The number of ether oxygens (including phenoxy) is 1. The fourth-order valence-corrected chi connectivity index (χ4v) is 2.13. The van der Waals surface area contributed by atoms with Crippen molar-refractivity contribution in [3.05, 3.63) is 77.9 Å². The highest BCUT2D eigenvalue weighted by Gasteiger charge is 2.17. The Labute approximate surface area is 143 Å². The molecule has 25 heavy (non-hydrogen) atoms. The van der Waals surface area contributed by atoms with Crippen LogP contribution in [0.25, 0.3) is 17.5 Å². The molecule has 0 aliphatic heterocycles. The summed E-state index contributed by atoms with van der Waals surface area (Å²) in [6.07, 6.45) is 2.00. The largest absolute Gasteiger partial charge is 0.449 e. The Morgan fingerprint density at radius 3 is 2.72 bits per heavy atom. The lowest BCUT2D eigenvalue weighted by Gasteiger charge is -2.06. The highest BCUT2D eigenvalue weighted by molar-refractivity contribution is 5.87. The summed E-state index contributed by atoms with van der Waals surface area (Å²) in [4.78, 5) is 11.9. The van der Waals surface area contributed by atoms with Crippen LogP contribution < -0.4 is 0 Å². The van der Waals surface area contributed by atoms with Gasteiger partial charge in [-0.25, -0.2) is 9.18 Å². The molecule has 2 aromatic carbocycles. The van der Waals surface area contributed by atoms with Crippen LogP contribution in [-0.2, 0) is 9.53 Å². The molecule has 5 nitrogen and oxygen atoms in total. The topological polar surface area (TPSA) is 65.2 Å². The summed E-state index contributed by atoms with van der Waals surface area (Å²) >= 11 is 0. The Morgan fingerprint density at radius 2 is 1.96 bits per heavy atom. The molecule has 1 atom stereocenters.